The average molecular weight is 288 g/mol. The molecule has 1 aliphatic heterocycles. The van der Waals surface area contributed by atoms with Crippen LogP contribution in [0.15, 0.2) is 0 Å². The first-order chi connectivity index (χ1) is 10.0. The quantitative estimate of drug-likeness (QED) is 0.829. The number of hydrogen-bond donors (Lipinski definition) is 1. The molecule has 0 bridgehead atoms. The summed E-state index contributed by atoms with van der Waals surface area (Å²) in [5, 5.41) is 3.66. The fraction of sp³-hybridized carbons (Fsp3) is 0.684. The molecule has 2 heteroatoms. The first kappa shape index (κ1) is 16.5. The molecule has 118 valence electrons. The fourth-order valence-electron chi connectivity index (χ4n) is 3.48. The molecule has 0 saturated carbocycles. The van der Waals surface area contributed by atoms with Gasteiger partial charge < -0.3 is 10.2 Å². The van der Waals surface area contributed by atoms with E-state index in [9.17, 15) is 0 Å². The van der Waals surface area contributed by atoms with E-state index in [0.717, 1.165) is 13.1 Å². The molecular formula is C19H32N2. The van der Waals surface area contributed by atoms with Gasteiger partial charge in [-0.2, -0.15) is 0 Å². The van der Waals surface area contributed by atoms with Gasteiger partial charge in [-0.3, -0.25) is 0 Å². The van der Waals surface area contributed by atoms with E-state index in [1.165, 1.54) is 72.3 Å². The van der Waals surface area contributed by atoms with E-state index in [2.05, 4.69) is 44.8 Å². The molecule has 0 aromatic heterocycles. The Kier molecular flexibility index (Phi) is 5.83. The first-order valence-corrected chi connectivity index (χ1v) is 8.51. The average Bonchev–Trinajstić information content (AvgIpc) is 2.51. The third-order valence-electron chi connectivity index (χ3n) is 5.51. The van der Waals surface area contributed by atoms with Crippen LogP contribution in [0.5, 0.6) is 0 Å². The summed E-state index contributed by atoms with van der Waals surface area (Å²) < 4.78 is 0. The van der Waals surface area contributed by atoms with Crippen LogP contribution >= 0.6 is 0 Å². The van der Waals surface area contributed by atoms with Crippen LogP contribution in [0.25, 0.3) is 0 Å². The summed E-state index contributed by atoms with van der Waals surface area (Å²) in [6.07, 6.45) is 4.19. The highest BCUT2D eigenvalue weighted by Crippen LogP contribution is 2.25. The van der Waals surface area contributed by atoms with Crippen molar-refractivity contribution in [2.75, 3.05) is 26.2 Å². The SMILES string of the molecule is Cc1c(C)c(C)c(CNCCN2CCCCC2)c(C)c1C. The van der Waals surface area contributed by atoms with Crippen molar-refractivity contribution in [1.29, 1.82) is 0 Å². The molecule has 0 atom stereocenters. The minimum Gasteiger partial charge on any atom is -0.311 e. The van der Waals surface area contributed by atoms with E-state index in [1.807, 2.05) is 0 Å². The smallest absolute Gasteiger partial charge is 0.0211 e. The number of nitrogens with one attached hydrogen (secondary N) is 1. The van der Waals surface area contributed by atoms with Gasteiger partial charge in [-0.15, -0.1) is 0 Å². The van der Waals surface area contributed by atoms with E-state index >= 15 is 0 Å². The maximum Gasteiger partial charge on any atom is 0.0211 e. The van der Waals surface area contributed by atoms with Crippen LogP contribution in [0.3, 0.4) is 0 Å². The molecule has 1 fully saturated rings. The molecule has 2 nitrogen and oxygen atoms in total. The van der Waals surface area contributed by atoms with Gasteiger partial charge in [-0.1, -0.05) is 6.42 Å². The molecule has 0 amide bonds. The molecule has 1 aromatic carbocycles. The van der Waals surface area contributed by atoms with Crippen molar-refractivity contribution >= 4 is 0 Å². The summed E-state index contributed by atoms with van der Waals surface area (Å²) in [6, 6.07) is 0. The summed E-state index contributed by atoms with van der Waals surface area (Å²) >= 11 is 0. The van der Waals surface area contributed by atoms with Gasteiger partial charge in [0.15, 0.2) is 0 Å². The Morgan fingerprint density at radius 3 is 1.86 bits per heavy atom. The van der Waals surface area contributed by atoms with Crippen LogP contribution in [-0.2, 0) is 6.54 Å². The second-order valence-electron chi connectivity index (χ2n) is 6.68. The van der Waals surface area contributed by atoms with Gasteiger partial charge in [0.2, 0.25) is 0 Å². The largest absolute Gasteiger partial charge is 0.311 e. The van der Waals surface area contributed by atoms with Crippen molar-refractivity contribution in [3.63, 3.8) is 0 Å². The molecule has 1 aliphatic rings. The molecule has 1 aromatic rings. The van der Waals surface area contributed by atoms with Crippen molar-refractivity contribution in [3.8, 4) is 0 Å². The Balaban J connectivity index is 1.91. The molecule has 2 rings (SSSR count). The van der Waals surface area contributed by atoms with Gasteiger partial charge in [-0.05, 0) is 93.9 Å². The van der Waals surface area contributed by atoms with E-state index < -0.39 is 0 Å². The second kappa shape index (κ2) is 7.42. The van der Waals surface area contributed by atoms with Crippen LogP contribution in [0.4, 0.5) is 0 Å². The highest BCUT2D eigenvalue weighted by atomic mass is 15.1. The monoisotopic (exact) mass is 288 g/mol. The number of benzene rings is 1. The molecule has 0 unspecified atom stereocenters. The van der Waals surface area contributed by atoms with E-state index in [0.29, 0.717) is 0 Å². The van der Waals surface area contributed by atoms with Gasteiger partial charge in [0.25, 0.3) is 0 Å². The zero-order valence-electron chi connectivity index (χ0n) is 14.6. The predicted octanol–water partition coefficient (Wildman–Crippen LogP) is 3.80. The minimum atomic E-state index is 1.01. The lowest BCUT2D eigenvalue weighted by Crippen LogP contribution is -2.35. The Bertz CT molecular complexity index is 456. The minimum absolute atomic E-state index is 1.01. The van der Waals surface area contributed by atoms with Crippen molar-refractivity contribution in [2.45, 2.75) is 60.4 Å². The van der Waals surface area contributed by atoms with Crippen LogP contribution in [-0.4, -0.2) is 31.1 Å². The lowest BCUT2D eigenvalue weighted by molar-refractivity contribution is 0.229. The molecule has 1 N–H and O–H groups in total. The normalized spacial score (nSPS) is 16.4. The predicted molar refractivity (Wildman–Crippen MR) is 92.1 cm³/mol. The third-order valence-corrected chi connectivity index (χ3v) is 5.51. The molecule has 0 radical (unpaired) electrons. The van der Waals surface area contributed by atoms with E-state index in [1.54, 1.807) is 0 Å². The molecular weight excluding hydrogens is 256 g/mol. The highest BCUT2D eigenvalue weighted by Gasteiger charge is 2.12. The second-order valence-corrected chi connectivity index (χ2v) is 6.68. The fourth-order valence-corrected chi connectivity index (χ4v) is 3.48. The van der Waals surface area contributed by atoms with Crippen molar-refractivity contribution in [1.82, 2.24) is 10.2 Å². The van der Waals surface area contributed by atoms with Crippen molar-refractivity contribution < 1.29 is 0 Å². The summed E-state index contributed by atoms with van der Waals surface area (Å²) in [5.74, 6) is 0. The lowest BCUT2D eigenvalue weighted by atomic mass is 9.89. The summed E-state index contributed by atoms with van der Waals surface area (Å²) in [6.45, 7) is 17.2. The van der Waals surface area contributed by atoms with Gasteiger partial charge in [0.1, 0.15) is 0 Å². The maximum atomic E-state index is 3.66. The first-order valence-electron chi connectivity index (χ1n) is 8.51. The molecule has 21 heavy (non-hydrogen) atoms. The van der Waals surface area contributed by atoms with Crippen molar-refractivity contribution in [2.24, 2.45) is 0 Å². The molecule has 0 aliphatic carbocycles. The number of piperidine rings is 1. The Morgan fingerprint density at radius 1 is 0.762 bits per heavy atom. The van der Waals surface area contributed by atoms with Gasteiger partial charge >= 0.3 is 0 Å². The summed E-state index contributed by atoms with van der Waals surface area (Å²) in [4.78, 5) is 2.60. The van der Waals surface area contributed by atoms with Gasteiger partial charge in [-0.25, -0.2) is 0 Å². The Labute approximate surface area is 130 Å². The highest BCUT2D eigenvalue weighted by molar-refractivity contribution is 5.49. The van der Waals surface area contributed by atoms with Crippen LogP contribution < -0.4 is 5.32 Å². The molecule has 0 spiro atoms. The zero-order valence-corrected chi connectivity index (χ0v) is 14.6. The third kappa shape index (κ3) is 3.87. The van der Waals surface area contributed by atoms with Crippen LogP contribution in [0, 0.1) is 34.6 Å². The summed E-state index contributed by atoms with van der Waals surface area (Å²) in [7, 11) is 0. The number of hydrogen-bond acceptors (Lipinski definition) is 2. The molecule has 1 heterocycles. The molecule has 1 saturated heterocycles. The summed E-state index contributed by atoms with van der Waals surface area (Å²) in [5.41, 5.74) is 8.84. The van der Waals surface area contributed by atoms with E-state index in [4.69, 9.17) is 0 Å². The van der Waals surface area contributed by atoms with Gasteiger partial charge in [0, 0.05) is 19.6 Å². The standard InChI is InChI=1S/C19H32N2/c1-14-15(2)17(4)19(18(5)16(14)3)13-20-9-12-21-10-7-6-8-11-21/h20H,6-13H2,1-5H3. The van der Waals surface area contributed by atoms with Crippen LogP contribution in [0.2, 0.25) is 0 Å². The number of nitrogens with zero attached hydrogens (tertiary/aromatic N) is 1. The zero-order chi connectivity index (χ0) is 15.4. The lowest BCUT2D eigenvalue weighted by Gasteiger charge is -2.26. The topological polar surface area (TPSA) is 15.3 Å². The van der Waals surface area contributed by atoms with E-state index in [-0.39, 0.29) is 0 Å². The van der Waals surface area contributed by atoms with Gasteiger partial charge in [0.05, 0.1) is 0 Å². The maximum absolute atomic E-state index is 3.66. The number of likely N-dealkylation sites (tertiary alicyclic amines) is 1. The Hall–Kier alpha value is -0.860. The number of rotatable bonds is 5. The Morgan fingerprint density at radius 2 is 1.29 bits per heavy atom. The van der Waals surface area contributed by atoms with Crippen molar-refractivity contribution in [3.05, 3.63) is 33.4 Å². The van der Waals surface area contributed by atoms with Crippen LogP contribution in [0.1, 0.15) is 52.6 Å².